The van der Waals surface area contributed by atoms with Crippen LogP contribution in [-0.2, 0) is 11.3 Å². The topological polar surface area (TPSA) is 107 Å². The van der Waals surface area contributed by atoms with E-state index in [1.54, 1.807) is 6.20 Å². The Bertz CT molecular complexity index is 416. The number of carbonyl (C=O) groups excluding carboxylic acids is 1. The molecular formula is C11H18N4O3. The third-order valence-electron chi connectivity index (χ3n) is 2.55. The summed E-state index contributed by atoms with van der Waals surface area (Å²) >= 11 is 0. The third kappa shape index (κ3) is 4.08. The van der Waals surface area contributed by atoms with Gasteiger partial charge in [0.25, 0.3) is 0 Å². The van der Waals surface area contributed by atoms with E-state index in [0.29, 0.717) is 19.4 Å². The van der Waals surface area contributed by atoms with Crippen LogP contribution < -0.4 is 10.6 Å². The number of H-pyrrole nitrogens is 1. The quantitative estimate of drug-likeness (QED) is 0.601. The number of hydrogen-bond acceptors (Lipinski definition) is 3. The highest BCUT2D eigenvalue weighted by atomic mass is 16.4. The summed E-state index contributed by atoms with van der Waals surface area (Å²) in [6.07, 6.45) is 2.72. The number of amides is 2. The van der Waals surface area contributed by atoms with Gasteiger partial charge in [-0.05, 0) is 13.3 Å². The van der Waals surface area contributed by atoms with Gasteiger partial charge in [-0.25, -0.2) is 9.59 Å². The molecule has 18 heavy (non-hydrogen) atoms. The van der Waals surface area contributed by atoms with Gasteiger partial charge in [-0.15, -0.1) is 0 Å². The van der Waals surface area contributed by atoms with Crippen LogP contribution in [0.2, 0.25) is 0 Å². The monoisotopic (exact) mass is 254 g/mol. The van der Waals surface area contributed by atoms with Crippen LogP contribution in [0.1, 0.15) is 31.0 Å². The Labute approximate surface area is 105 Å². The summed E-state index contributed by atoms with van der Waals surface area (Å²) in [4.78, 5) is 22.4. The van der Waals surface area contributed by atoms with E-state index < -0.39 is 18.0 Å². The number of aryl methyl sites for hydroxylation is 1. The summed E-state index contributed by atoms with van der Waals surface area (Å²) in [5, 5.41) is 20.5. The smallest absolute Gasteiger partial charge is 0.326 e. The molecule has 1 aromatic heterocycles. The van der Waals surface area contributed by atoms with Crippen LogP contribution in [-0.4, -0.2) is 33.3 Å². The van der Waals surface area contributed by atoms with Crippen molar-refractivity contribution in [3.63, 3.8) is 0 Å². The maximum atomic E-state index is 11.5. The summed E-state index contributed by atoms with van der Waals surface area (Å²) < 4.78 is 0. The molecule has 4 N–H and O–H groups in total. The molecule has 0 saturated carbocycles. The van der Waals surface area contributed by atoms with Gasteiger partial charge in [-0.1, -0.05) is 13.3 Å². The van der Waals surface area contributed by atoms with E-state index in [4.69, 9.17) is 5.11 Å². The predicted molar refractivity (Wildman–Crippen MR) is 65.0 cm³/mol. The lowest BCUT2D eigenvalue weighted by Crippen LogP contribution is -2.45. The number of nitrogens with one attached hydrogen (secondary N) is 3. The number of carboxylic acid groups (broad SMARTS) is 1. The molecule has 0 radical (unpaired) electrons. The van der Waals surface area contributed by atoms with Crippen LogP contribution in [0.15, 0.2) is 6.20 Å². The highest BCUT2D eigenvalue weighted by molar-refractivity contribution is 5.82. The zero-order valence-corrected chi connectivity index (χ0v) is 10.5. The Morgan fingerprint density at radius 2 is 2.28 bits per heavy atom. The zero-order chi connectivity index (χ0) is 13.5. The van der Waals surface area contributed by atoms with Crippen molar-refractivity contribution in [1.29, 1.82) is 0 Å². The summed E-state index contributed by atoms with van der Waals surface area (Å²) in [5.41, 5.74) is 1.74. The van der Waals surface area contributed by atoms with Gasteiger partial charge < -0.3 is 15.7 Å². The molecule has 2 amide bonds. The van der Waals surface area contributed by atoms with Crippen molar-refractivity contribution >= 4 is 12.0 Å². The number of nitrogens with zero attached hydrogens (tertiary/aromatic N) is 1. The van der Waals surface area contributed by atoms with Crippen LogP contribution >= 0.6 is 0 Å². The lowest BCUT2D eigenvalue weighted by atomic mass is 10.2. The minimum Gasteiger partial charge on any atom is -0.480 e. The SMILES string of the molecule is CCC[C@H](NC(=O)NCc1cn[nH]c1C)C(=O)O. The lowest BCUT2D eigenvalue weighted by molar-refractivity contribution is -0.139. The normalized spacial score (nSPS) is 11.9. The average Bonchev–Trinajstić information content (AvgIpc) is 2.71. The van der Waals surface area contributed by atoms with Crippen molar-refractivity contribution in [2.45, 2.75) is 39.3 Å². The number of aliphatic carboxylic acids is 1. The first kappa shape index (κ1) is 14.0. The van der Waals surface area contributed by atoms with Crippen molar-refractivity contribution < 1.29 is 14.7 Å². The fourth-order valence-corrected chi connectivity index (χ4v) is 1.48. The van der Waals surface area contributed by atoms with Crippen LogP contribution in [0.5, 0.6) is 0 Å². The number of carbonyl (C=O) groups is 2. The molecule has 0 aliphatic rings. The second-order valence-electron chi connectivity index (χ2n) is 4.03. The molecule has 1 atom stereocenters. The van der Waals surface area contributed by atoms with E-state index in [2.05, 4.69) is 20.8 Å². The molecule has 100 valence electrons. The lowest BCUT2D eigenvalue weighted by Gasteiger charge is -2.14. The summed E-state index contributed by atoms with van der Waals surface area (Å²) in [7, 11) is 0. The maximum Gasteiger partial charge on any atom is 0.326 e. The molecule has 0 aliphatic carbocycles. The number of hydrogen-bond donors (Lipinski definition) is 4. The van der Waals surface area contributed by atoms with Crippen molar-refractivity contribution in [1.82, 2.24) is 20.8 Å². The molecule has 0 aliphatic heterocycles. The Hall–Kier alpha value is -2.05. The summed E-state index contributed by atoms with van der Waals surface area (Å²) in [5.74, 6) is -1.02. The number of carboxylic acids is 1. The second kappa shape index (κ2) is 6.63. The van der Waals surface area contributed by atoms with Crippen LogP contribution in [0.25, 0.3) is 0 Å². The van der Waals surface area contributed by atoms with Gasteiger partial charge in [0.1, 0.15) is 6.04 Å². The maximum absolute atomic E-state index is 11.5. The Morgan fingerprint density at radius 1 is 1.56 bits per heavy atom. The van der Waals surface area contributed by atoms with E-state index in [1.807, 2.05) is 13.8 Å². The highest BCUT2D eigenvalue weighted by Gasteiger charge is 2.18. The number of urea groups is 1. The van der Waals surface area contributed by atoms with E-state index in [1.165, 1.54) is 0 Å². The standard InChI is InChI=1S/C11H18N4O3/c1-3-4-9(10(16)17)14-11(18)12-5-8-6-13-15-7(8)2/h6,9H,3-5H2,1-2H3,(H,13,15)(H,16,17)(H2,12,14,18)/t9-/m0/s1. The van der Waals surface area contributed by atoms with Crippen molar-refractivity contribution in [3.05, 3.63) is 17.5 Å². The predicted octanol–water partition coefficient (Wildman–Crippen LogP) is 0.771. The fraction of sp³-hybridized carbons (Fsp3) is 0.545. The molecule has 0 spiro atoms. The first-order valence-electron chi connectivity index (χ1n) is 5.80. The van der Waals surface area contributed by atoms with Crippen molar-refractivity contribution in [2.24, 2.45) is 0 Å². The Kier molecular flexibility index (Phi) is 5.16. The Morgan fingerprint density at radius 3 is 2.78 bits per heavy atom. The number of aromatic amines is 1. The molecule has 0 fully saturated rings. The first-order valence-corrected chi connectivity index (χ1v) is 5.80. The molecule has 1 aromatic rings. The van der Waals surface area contributed by atoms with E-state index in [-0.39, 0.29) is 0 Å². The van der Waals surface area contributed by atoms with Crippen molar-refractivity contribution in [3.8, 4) is 0 Å². The highest BCUT2D eigenvalue weighted by Crippen LogP contribution is 2.01. The molecule has 1 heterocycles. The van der Waals surface area contributed by atoms with E-state index in [9.17, 15) is 9.59 Å². The fourth-order valence-electron chi connectivity index (χ4n) is 1.48. The van der Waals surface area contributed by atoms with Gasteiger partial charge in [0.2, 0.25) is 0 Å². The summed E-state index contributed by atoms with van der Waals surface area (Å²) in [6.45, 7) is 4.02. The Balaban J connectivity index is 2.41. The van der Waals surface area contributed by atoms with Crippen LogP contribution in [0.3, 0.4) is 0 Å². The zero-order valence-electron chi connectivity index (χ0n) is 10.5. The van der Waals surface area contributed by atoms with Gasteiger partial charge in [-0.2, -0.15) is 5.10 Å². The molecule has 0 unspecified atom stereocenters. The van der Waals surface area contributed by atoms with Gasteiger partial charge in [-0.3, -0.25) is 5.10 Å². The molecule has 0 aromatic carbocycles. The summed E-state index contributed by atoms with van der Waals surface area (Å²) in [6, 6.07) is -1.34. The van der Waals surface area contributed by atoms with Gasteiger partial charge in [0.05, 0.1) is 6.20 Å². The number of aromatic nitrogens is 2. The minimum absolute atomic E-state index is 0.312. The van der Waals surface area contributed by atoms with Crippen molar-refractivity contribution in [2.75, 3.05) is 0 Å². The largest absolute Gasteiger partial charge is 0.480 e. The van der Waals surface area contributed by atoms with Crippen LogP contribution in [0.4, 0.5) is 4.79 Å². The van der Waals surface area contributed by atoms with Gasteiger partial charge in [0, 0.05) is 17.8 Å². The van der Waals surface area contributed by atoms with Gasteiger partial charge >= 0.3 is 12.0 Å². The van der Waals surface area contributed by atoms with Gasteiger partial charge in [0.15, 0.2) is 0 Å². The second-order valence-corrected chi connectivity index (χ2v) is 4.03. The minimum atomic E-state index is -1.02. The molecule has 7 nitrogen and oxygen atoms in total. The van der Waals surface area contributed by atoms with E-state index >= 15 is 0 Å². The average molecular weight is 254 g/mol. The first-order chi connectivity index (χ1) is 8.54. The van der Waals surface area contributed by atoms with Crippen LogP contribution in [0, 0.1) is 6.92 Å². The third-order valence-corrected chi connectivity index (χ3v) is 2.55. The van der Waals surface area contributed by atoms with E-state index in [0.717, 1.165) is 11.3 Å². The molecule has 0 saturated heterocycles. The molecular weight excluding hydrogens is 236 g/mol. The molecule has 0 bridgehead atoms. The molecule has 7 heteroatoms. The molecule has 1 rings (SSSR count). The number of rotatable bonds is 6.